The Bertz CT molecular complexity index is 1230. The van der Waals surface area contributed by atoms with Gasteiger partial charge < -0.3 is 25.4 Å². The maximum absolute atomic E-state index is 13.6. The van der Waals surface area contributed by atoms with Gasteiger partial charge in [-0.15, -0.1) is 0 Å². The Morgan fingerprint density at radius 3 is 2.63 bits per heavy atom. The average Bonchev–Trinajstić information content (AvgIpc) is 2.84. The highest BCUT2D eigenvalue weighted by molar-refractivity contribution is 6.31. The van der Waals surface area contributed by atoms with Crippen molar-refractivity contribution in [1.82, 2.24) is 20.5 Å². The van der Waals surface area contributed by atoms with Crippen LogP contribution in [-0.4, -0.2) is 59.4 Å². The molecule has 12 heteroatoms. The Labute approximate surface area is 205 Å². The number of aromatic nitrogens is 1. The van der Waals surface area contributed by atoms with Crippen LogP contribution in [0.5, 0.6) is 0 Å². The molecule has 1 aromatic heterocycles. The molecule has 0 bridgehead atoms. The Balaban J connectivity index is 1.58. The third kappa shape index (κ3) is 7.18. The number of halogens is 2. The number of nitrogens with zero attached hydrogens (tertiary/aromatic N) is 2. The molecule has 3 aromatic rings. The molecule has 0 saturated heterocycles. The summed E-state index contributed by atoms with van der Waals surface area (Å²) < 4.78 is 18.8. The summed E-state index contributed by atoms with van der Waals surface area (Å²) in [5.41, 5.74) is 0.368. The van der Waals surface area contributed by atoms with Crippen molar-refractivity contribution in [2.75, 3.05) is 25.5 Å². The second-order valence-corrected chi connectivity index (χ2v) is 7.84. The molecule has 0 aliphatic rings. The van der Waals surface area contributed by atoms with E-state index in [1.165, 1.54) is 24.1 Å². The van der Waals surface area contributed by atoms with Gasteiger partial charge in [0.25, 0.3) is 0 Å². The van der Waals surface area contributed by atoms with Crippen molar-refractivity contribution < 1.29 is 28.6 Å². The number of rotatable bonds is 8. The third-order valence-corrected chi connectivity index (χ3v) is 5.51. The van der Waals surface area contributed by atoms with E-state index in [4.69, 9.17) is 21.4 Å². The van der Waals surface area contributed by atoms with Gasteiger partial charge in [0.1, 0.15) is 18.2 Å². The summed E-state index contributed by atoms with van der Waals surface area (Å²) >= 11 is 5.90. The summed E-state index contributed by atoms with van der Waals surface area (Å²) in [6.45, 7) is -0.584. The predicted octanol–water partition coefficient (Wildman–Crippen LogP) is 4.05. The molecule has 0 aliphatic carbocycles. The molecule has 10 nitrogen and oxygen atoms in total. The highest BCUT2D eigenvalue weighted by atomic mass is 35.5. The number of ether oxygens (including phenoxy) is 1. The highest BCUT2D eigenvalue weighted by Gasteiger charge is 2.23. The SMILES string of the molecule is CN(C(=O)NCc1cccc(F)c1Cl)[C@@H](CNC(=O)O)COC(=O)Nc1cc2ccccc2cn1. The second-order valence-electron chi connectivity index (χ2n) is 7.46. The van der Waals surface area contributed by atoms with Gasteiger partial charge in [-0.05, 0) is 23.1 Å². The summed E-state index contributed by atoms with van der Waals surface area (Å²) in [5.74, 6) is -0.345. The first-order valence-electron chi connectivity index (χ1n) is 10.4. The first-order valence-corrected chi connectivity index (χ1v) is 10.8. The number of hydrogen-bond acceptors (Lipinski definition) is 5. The van der Waals surface area contributed by atoms with E-state index in [0.29, 0.717) is 5.56 Å². The molecule has 3 rings (SSSR count). The lowest BCUT2D eigenvalue weighted by atomic mass is 10.2. The van der Waals surface area contributed by atoms with E-state index in [9.17, 15) is 18.8 Å². The molecule has 0 unspecified atom stereocenters. The summed E-state index contributed by atoms with van der Waals surface area (Å²) in [6.07, 6.45) is -0.526. The Morgan fingerprint density at radius 1 is 1.14 bits per heavy atom. The number of pyridine rings is 1. The van der Waals surface area contributed by atoms with Crippen molar-refractivity contribution >= 4 is 46.4 Å². The predicted molar refractivity (Wildman–Crippen MR) is 128 cm³/mol. The minimum absolute atomic E-state index is 0.0617. The standard InChI is InChI=1S/C23H23ClFN5O5/c1-30(21(31)27-11-16-7-4-8-18(25)20(16)24)17(12-28-22(32)33)13-35-23(34)29-19-9-14-5-2-3-6-15(14)10-26-19/h2-10,17,28H,11-13H2,1H3,(H,27,31)(H,32,33)(H,26,29,34)/t17-/m0/s1. The smallest absolute Gasteiger partial charge is 0.412 e. The first kappa shape index (κ1) is 25.5. The molecule has 184 valence electrons. The zero-order valence-corrected chi connectivity index (χ0v) is 19.4. The molecular formula is C23H23ClFN5O5. The summed E-state index contributed by atoms with van der Waals surface area (Å²) in [6, 6.07) is 11.9. The fourth-order valence-electron chi connectivity index (χ4n) is 3.12. The maximum atomic E-state index is 13.6. The van der Waals surface area contributed by atoms with Gasteiger partial charge in [0.15, 0.2) is 0 Å². The van der Waals surface area contributed by atoms with Gasteiger partial charge in [0.05, 0.1) is 11.1 Å². The number of carbonyl (C=O) groups is 3. The Kier molecular flexibility index (Phi) is 8.63. The minimum Gasteiger partial charge on any atom is -0.465 e. The van der Waals surface area contributed by atoms with Crippen LogP contribution >= 0.6 is 11.6 Å². The normalized spacial score (nSPS) is 11.4. The molecule has 0 radical (unpaired) electrons. The number of urea groups is 1. The number of carboxylic acid groups (broad SMARTS) is 1. The van der Waals surface area contributed by atoms with Gasteiger partial charge in [-0.2, -0.15) is 0 Å². The van der Waals surface area contributed by atoms with E-state index < -0.39 is 30.1 Å². The topological polar surface area (TPSA) is 133 Å². The minimum atomic E-state index is -1.31. The zero-order valence-electron chi connectivity index (χ0n) is 18.6. The van der Waals surface area contributed by atoms with Crippen molar-refractivity contribution in [3.63, 3.8) is 0 Å². The molecule has 4 amide bonds. The zero-order chi connectivity index (χ0) is 25.4. The summed E-state index contributed by atoms with van der Waals surface area (Å²) in [5, 5.41) is 17.8. The summed E-state index contributed by atoms with van der Waals surface area (Å²) in [7, 11) is 1.41. The van der Waals surface area contributed by atoms with E-state index in [1.807, 2.05) is 24.3 Å². The van der Waals surface area contributed by atoms with Crippen LogP contribution < -0.4 is 16.0 Å². The van der Waals surface area contributed by atoms with E-state index in [1.54, 1.807) is 18.3 Å². The van der Waals surface area contributed by atoms with Crippen LogP contribution in [0.1, 0.15) is 5.56 Å². The third-order valence-electron chi connectivity index (χ3n) is 5.09. The van der Waals surface area contributed by atoms with Crippen LogP contribution in [0.4, 0.5) is 24.6 Å². The maximum Gasteiger partial charge on any atom is 0.412 e. The van der Waals surface area contributed by atoms with Crippen LogP contribution in [0.3, 0.4) is 0 Å². The Morgan fingerprint density at radius 2 is 1.89 bits per heavy atom. The van der Waals surface area contributed by atoms with Gasteiger partial charge >= 0.3 is 18.2 Å². The van der Waals surface area contributed by atoms with Crippen molar-refractivity contribution in [1.29, 1.82) is 0 Å². The lowest BCUT2D eigenvalue weighted by molar-refractivity contribution is 0.115. The van der Waals surface area contributed by atoms with Gasteiger partial charge in [-0.1, -0.05) is 48.0 Å². The molecule has 0 spiro atoms. The number of fused-ring (bicyclic) bond motifs is 1. The van der Waals surface area contributed by atoms with Crippen LogP contribution in [0.15, 0.2) is 54.7 Å². The lowest BCUT2D eigenvalue weighted by Gasteiger charge is -2.28. The first-order chi connectivity index (χ1) is 16.7. The molecule has 2 aromatic carbocycles. The van der Waals surface area contributed by atoms with Crippen LogP contribution in [0.25, 0.3) is 10.8 Å². The number of hydrogen-bond donors (Lipinski definition) is 4. The summed E-state index contributed by atoms with van der Waals surface area (Å²) in [4.78, 5) is 41.2. The average molecular weight is 504 g/mol. The molecule has 35 heavy (non-hydrogen) atoms. The van der Waals surface area contributed by atoms with Crippen LogP contribution in [0, 0.1) is 5.82 Å². The quantitative estimate of drug-likeness (QED) is 0.366. The molecule has 0 fully saturated rings. The van der Waals surface area contributed by atoms with Gasteiger partial charge in [0, 0.05) is 31.7 Å². The van der Waals surface area contributed by atoms with E-state index in [2.05, 4.69) is 20.9 Å². The van der Waals surface area contributed by atoms with Crippen molar-refractivity contribution in [3.8, 4) is 0 Å². The van der Waals surface area contributed by atoms with Crippen molar-refractivity contribution in [3.05, 3.63) is 71.1 Å². The van der Waals surface area contributed by atoms with Gasteiger partial charge in [0.2, 0.25) is 0 Å². The van der Waals surface area contributed by atoms with Crippen molar-refractivity contribution in [2.24, 2.45) is 0 Å². The number of anilines is 1. The van der Waals surface area contributed by atoms with Gasteiger partial charge in [-0.3, -0.25) is 5.32 Å². The molecular weight excluding hydrogens is 481 g/mol. The monoisotopic (exact) mass is 503 g/mol. The highest BCUT2D eigenvalue weighted by Crippen LogP contribution is 2.19. The number of carbonyl (C=O) groups excluding carboxylic acids is 2. The molecule has 0 saturated carbocycles. The second kappa shape index (κ2) is 11.8. The van der Waals surface area contributed by atoms with E-state index >= 15 is 0 Å². The van der Waals surface area contributed by atoms with Gasteiger partial charge in [-0.25, -0.2) is 23.8 Å². The van der Waals surface area contributed by atoms with E-state index in [-0.39, 0.29) is 30.5 Å². The lowest BCUT2D eigenvalue weighted by Crippen LogP contribution is -2.50. The Hall–Kier alpha value is -4.12. The molecule has 1 heterocycles. The number of likely N-dealkylation sites (N-methyl/N-ethyl adjacent to an activating group) is 1. The molecule has 1 atom stereocenters. The van der Waals surface area contributed by atoms with Crippen molar-refractivity contribution in [2.45, 2.75) is 12.6 Å². The molecule has 4 N–H and O–H groups in total. The fraction of sp³-hybridized carbons (Fsp3) is 0.217. The number of benzene rings is 2. The largest absolute Gasteiger partial charge is 0.465 e. The molecule has 0 aliphatic heterocycles. The fourth-order valence-corrected chi connectivity index (χ4v) is 3.32. The number of amides is 4. The van der Waals surface area contributed by atoms with Crippen LogP contribution in [0.2, 0.25) is 5.02 Å². The number of nitrogens with one attached hydrogen (secondary N) is 3. The van der Waals surface area contributed by atoms with E-state index in [0.717, 1.165) is 10.8 Å². The van der Waals surface area contributed by atoms with Crippen LogP contribution in [-0.2, 0) is 11.3 Å².